The fourth-order valence-electron chi connectivity index (χ4n) is 1.31. The zero-order chi connectivity index (χ0) is 9.10. The van der Waals surface area contributed by atoms with Gasteiger partial charge in [0.25, 0.3) is 0 Å². The lowest BCUT2D eigenvalue weighted by Gasteiger charge is -1.97. The van der Waals surface area contributed by atoms with Crippen molar-refractivity contribution in [1.29, 1.82) is 0 Å². The van der Waals surface area contributed by atoms with Gasteiger partial charge in [-0.25, -0.2) is 4.98 Å². The molecule has 2 heteroatoms. The largest absolute Gasteiger partial charge is 0.317 e. The number of fused-ring (bicyclic) bond motifs is 1. The van der Waals surface area contributed by atoms with Crippen LogP contribution in [0.15, 0.2) is 36.4 Å². The lowest BCUT2D eigenvalue weighted by Crippen LogP contribution is -1.92. The lowest BCUT2D eigenvalue weighted by atomic mass is 10.3. The minimum Gasteiger partial charge on any atom is -0.317 e. The van der Waals surface area contributed by atoms with Crippen molar-refractivity contribution in [3.8, 4) is 0 Å². The summed E-state index contributed by atoms with van der Waals surface area (Å²) in [5.74, 6) is 0. The summed E-state index contributed by atoms with van der Waals surface area (Å²) in [4.78, 5) is 4.18. The second-order valence-corrected chi connectivity index (χ2v) is 2.88. The van der Waals surface area contributed by atoms with Gasteiger partial charge < -0.3 is 4.57 Å². The van der Waals surface area contributed by atoms with Crippen LogP contribution in [0.3, 0.4) is 0 Å². The van der Waals surface area contributed by atoms with Gasteiger partial charge in [-0.1, -0.05) is 24.3 Å². The molecule has 2 rings (SSSR count). The van der Waals surface area contributed by atoms with Gasteiger partial charge >= 0.3 is 0 Å². The Morgan fingerprint density at radius 2 is 2.31 bits per heavy atom. The van der Waals surface area contributed by atoms with E-state index >= 15 is 0 Å². The van der Waals surface area contributed by atoms with Gasteiger partial charge in [0.1, 0.15) is 0 Å². The number of imidazole rings is 1. The fraction of sp³-hybridized carbons (Fsp3) is 0.182. The van der Waals surface area contributed by atoms with Crippen molar-refractivity contribution in [2.45, 2.75) is 13.5 Å². The molecule has 0 spiro atoms. The highest BCUT2D eigenvalue weighted by atomic mass is 15.0. The Morgan fingerprint density at radius 1 is 1.46 bits per heavy atom. The molecule has 0 aliphatic carbocycles. The van der Waals surface area contributed by atoms with Crippen molar-refractivity contribution in [2.75, 3.05) is 0 Å². The van der Waals surface area contributed by atoms with E-state index in [9.17, 15) is 0 Å². The number of allylic oxidation sites excluding steroid dienone is 2. The minimum atomic E-state index is 0.844. The first kappa shape index (κ1) is 8.05. The van der Waals surface area contributed by atoms with E-state index in [0.717, 1.165) is 17.6 Å². The number of benzene rings is 1. The monoisotopic (exact) mass is 171 g/mol. The maximum Gasteiger partial charge on any atom is 0.177 e. The highest BCUT2D eigenvalue weighted by Crippen LogP contribution is 2.10. The molecule has 0 unspecified atom stereocenters. The molecule has 0 fully saturated rings. The maximum absolute atomic E-state index is 4.18. The minimum absolute atomic E-state index is 0.844. The first-order chi connectivity index (χ1) is 6.42. The van der Waals surface area contributed by atoms with Gasteiger partial charge in [-0.15, -0.1) is 0 Å². The Labute approximate surface area is 77.5 Å². The van der Waals surface area contributed by atoms with Gasteiger partial charge in [0.15, 0.2) is 6.33 Å². The summed E-state index contributed by atoms with van der Waals surface area (Å²) in [7, 11) is 0. The third-order valence-electron chi connectivity index (χ3n) is 1.99. The summed E-state index contributed by atoms with van der Waals surface area (Å²) >= 11 is 0. The molecule has 2 nitrogen and oxygen atoms in total. The van der Waals surface area contributed by atoms with Crippen LogP contribution in [0.5, 0.6) is 0 Å². The van der Waals surface area contributed by atoms with Crippen molar-refractivity contribution in [1.82, 2.24) is 9.55 Å². The Kier molecular flexibility index (Phi) is 2.13. The van der Waals surface area contributed by atoms with E-state index < -0.39 is 0 Å². The average Bonchev–Trinajstić information content (AvgIpc) is 2.58. The Hall–Kier alpha value is -1.57. The summed E-state index contributed by atoms with van der Waals surface area (Å²) < 4.78 is 2.01. The van der Waals surface area contributed by atoms with Crippen LogP contribution in [0, 0.1) is 6.33 Å². The summed E-state index contributed by atoms with van der Waals surface area (Å²) in [6.45, 7) is 2.86. The zero-order valence-corrected chi connectivity index (χ0v) is 7.57. The molecule has 2 aromatic rings. The van der Waals surface area contributed by atoms with Gasteiger partial charge in [-0.2, -0.15) is 0 Å². The third kappa shape index (κ3) is 1.47. The van der Waals surface area contributed by atoms with Gasteiger partial charge in [0.2, 0.25) is 0 Å². The van der Waals surface area contributed by atoms with E-state index in [4.69, 9.17) is 0 Å². The molecule has 0 atom stereocenters. The quantitative estimate of drug-likeness (QED) is 0.634. The van der Waals surface area contributed by atoms with Crippen LogP contribution >= 0.6 is 0 Å². The van der Waals surface area contributed by atoms with E-state index in [0.29, 0.717) is 0 Å². The molecule has 65 valence electrons. The molecule has 0 amide bonds. The van der Waals surface area contributed by atoms with Crippen molar-refractivity contribution in [3.63, 3.8) is 0 Å². The molecule has 1 radical (unpaired) electrons. The molecule has 0 bridgehead atoms. The SMILES string of the molecule is C/C=C/Cn1[c]nc2ccccc21. The van der Waals surface area contributed by atoms with E-state index in [1.54, 1.807) is 0 Å². The molecule has 13 heavy (non-hydrogen) atoms. The molecule has 1 aromatic carbocycles. The standard InChI is InChI=1S/C11H11N2/c1-2-3-8-13-9-12-10-6-4-5-7-11(10)13/h2-7H,8H2,1H3/b3-2+. The van der Waals surface area contributed by atoms with E-state index in [1.807, 2.05) is 35.8 Å². The molecule has 0 N–H and O–H groups in total. The van der Waals surface area contributed by atoms with Crippen LogP contribution in [0.2, 0.25) is 0 Å². The molecule has 0 aliphatic heterocycles. The number of aromatic nitrogens is 2. The zero-order valence-electron chi connectivity index (χ0n) is 7.57. The highest BCUT2D eigenvalue weighted by molar-refractivity contribution is 5.74. The van der Waals surface area contributed by atoms with Crippen molar-refractivity contribution < 1.29 is 0 Å². The molecule has 0 aliphatic rings. The first-order valence-corrected chi connectivity index (χ1v) is 4.36. The fourth-order valence-corrected chi connectivity index (χ4v) is 1.31. The Bertz CT molecular complexity index is 426. The van der Waals surface area contributed by atoms with E-state index in [1.165, 1.54) is 0 Å². The van der Waals surface area contributed by atoms with Crippen LogP contribution in [-0.4, -0.2) is 9.55 Å². The van der Waals surface area contributed by atoms with Gasteiger partial charge in [-0.05, 0) is 19.1 Å². The van der Waals surface area contributed by atoms with Crippen LogP contribution in [0.1, 0.15) is 6.92 Å². The molecule has 0 saturated heterocycles. The summed E-state index contributed by atoms with van der Waals surface area (Å²) in [5, 5.41) is 0. The third-order valence-corrected chi connectivity index (χ3v) is 1.99. The van der Waals surface area contributed by atoms with Gasteiger partial charge in [-0.3, -0.25) is 0 Å². The van der Waals surface area contributed by atoms with Crippen LogP contribution in [-0.2, 0) is 6.54 Å². The molecular weight excluding hydrogens is 160 g/mol. The second kappa shape index (κ2) is 3.44. The van der Waals surface area contributed by atoms with E-state index in [2.05, 4.69) is 23.5 Å². The average molecular weight is 171 g/mol. The maximum atomic E-state index is 4.18. The summed E-state index contributed by atoms with van der Waals surface area (Å²) in [5.41, 5.74) is 2.15. The number of hydrogen-bond donors (Lipinski definition) is 0. The van der Waals surface area contributed by atoms with Crippen LogP contribution in [0.25, 0.3) is 11.0 Å². The van der Waals surface area contributed by atoms with E-state index in [-0.39, 0.29) is 0 Å². The lowest BCUT2D eigenvalue weighted by molar-refractivity contribution is 0.839. The van der Waals surface area contributed by atoms with Crippen molar-refractivity contribution in [3.05, 3.63) is 42.7 Å². The first-order valence-electron chi connectivity index (χ1n) is 4.36. The Morgan fingerprint density at radius 3 is 3.15 bits per heavy atom. The number of hydrogen-bond acceptors (Lipinski definition) is 1. The number of para-hydroxylation sites is 2. The highest BCUT2D eigenvalue weighted by Gasteiger charge is 1.98. The molecule has 1 aromatic heterocycles. The predicted molar refractivity (Wildman–Crippen MR) is 53.4 cm³/mol. The van der Waals surface area contributed by atoms with Crippen molar-refractivity contribution >= 4 is 11.0 Å². The summed E-state index contributed by atoms with van der Waals surface area (Å²) in [6.07, 6.45) is 7.08. The topological polar surface area (TPSA) is 17.8 Å². The van der Waals surface area contributed by atoms with Gasteiger partial charge in [0, 0.05) is 6.54 Å². The van der Waals surface area contributed by atoms with Gasteiger partial charge in [0.05, 0.1) is 11.0 Å². The molecule has 1 heterocycles. The van der Waals surface area contributed by atoms with Crippen molar-refractivity contribution in [2.24, 2.45) is 0 Å². The molecule has 0 saturated carbocycles. The predicted octanol–water partition coefficient (Wildman–Crippen LogP) is 2.41. The van der Waals surface area contributed by atoms with Crippen LogP contribution in [0.4, 0.5) is 0 Å². The number of rotatable bonds is 2. The Balaban J connectivity index is 2.45. The van der Waals surface area contributed by atoms with Crippen LogP contribution < -0.4 is 0 Å². The smallest absolute Gasteiger partial charge is 0.177 e. The molecular formula is C11H11N2. The normalized spacial score (nSPS) is 11.5. The summed E-state index contributed by atoms with van der Waals surface area (Å²) in [6, 6.07) is 8.06. The second-order valence-electron chi connectivity index (χ2n) is 2.88. The number of nitrogens with zero attached hydrogens (tertiary/aromatic N) is 2.